The fourth-order valence-corrected chi connectivity index (χ4v) is 3.13. The lowest BCUT2D eigenvalue weighted by Crippen LogP contribution is -2.28. The molecule has 0 fully saturated rings. The highest BCUT2D eigenvalue weighted by molar-refractivity contribution is 5.72. The molecular weight excluding hydrogens is 340 g/mol. The van der Waals surface area contributed by atoms with Crippen LogP contribution in [0.15, 0.2) is 73.2 Å². The number of esters is 1. The predicted octanol–water partition coefficient (Wildman–Crippen LogP) is 4.78. The summed E-state index contributed by atoms with van der Waals surface area (Å²) < 4.78 is 4.93. The van der Waals surface area contributed by atoms with Crippen molar-refractivity contribution >= 4 is 5.97 Å². The topological polar surface area (TPSA) is 66.8 Å². The van der Waals surface area contributed by atoms with E-state index >= 15 is 0 Å². The van der Waals surface area contributed by atoms with Crippen molar-refractivity contribution < 1.29 is 19.7 Å². The zero-order chi connectivity index (χ0) is 19.7. The van der Waals surface area contributed by atoms with Crippen LogP contribution in [0.4, 0.5) is 0 Å². The summed E-state index contributed by atoms with van der Waals surface area (Å²) in [6, 6.07) is 16.1. The zero-order valence-electron chi connectivity index (χ0n) is 15.8. The summed E-state index contributed by atoms with van der Waals surface area (Å²) in [7, 11) is 1.40. The fourth-order valence-electron chi connectivity index (χ4n) is 3.13. The van der Waals surface area contributed by atoms with Crippen molar-refractivity contribution in [3.8, 4) is 0 Å². The molecule has 0 saturated heterocycles. The zero-order valence-corrected chi connectivity index (χ0v) is 15.8. The fraction of sp³-hybridized carbons (Fsp3) is 0.261. The van der Waals surface area contributed by atoms with Crippen molar-refractivity contribution in [2.24, 2.45) is 0 Å². The molecule has 0 aromatic heterocycles. The predicted molar refractivity (Wildman–Crippen MR) is 107 cm³/mol. The van der Waals surface area contributed by atoms with Gasteiger partial charge in [0, 0.05) is 5.41 Å². The Morgan fingerprint density at radius 3 is 1.63 bits per heavy atom. The maximum absolute atomic E-state index is 12.1. The summed E-state index contributed by atoms with van der Waals surface area (Å²) in [6.45, 7) is 2.04. The number of methoxy groups -OCH3 is 1. The summed E-state index contributed by atoms with van der Waals surface area (Å²) in [4.78, 5) is 12.1. The van der Waals surface area contributed by atoms with Crippen molar-refractivity contribution in [2.75, 3.05) is 7.11 Å². The molecule has 0 bridgehead atoms. The number of hydrogen-bond acceptors (Lipinski definition) is 4. The summed E-state index contributed by atoms with van der Waals surface area (Å²) in [5, 5.41) is 17.6. The van der Waals surface area contributed by atoms with Gasteiger partial charge in [0.05, 0.1) is 26.1 Å². The van der Waals surface area contributed by atoms with E-state index in [2.05, 4.69) is 0 Å². The van der Waals surface area contributed by atoms with Crippen molar-refractivity contribution in [1.29, 1.82) is 0 Å². The number of aliphatic hydroxyl groups is 2. The number of ether oxygens (including phenoxy) is 1. The third kappa shape index (κ3) is 5.23. The molecule has 0 saturated carbocycles. The van der Waals surface area contributed by atoms with E-state index in [0.29, 0.717) is 12.8 Å². The van der Waals surface area contributed by atoms with Gasteiger partial charge in [-0.05, 0) is 47.2 Å². The van der Waals surface area contributed by atoms with Gasteiger partial charge in [0.15, 0.2) is 0 Å². The van der Waals surface area contributed by atoms with E-state index in [1.54, 1.807) is 12.2 Å². The first kappa shape index (κ1) is 20.3. The molecule has 0 atom stereocenters. The molecule has 0 aliphatic rings. The van der Waals surface area contributed by atoms with Crippen LogP contribution in [0, 0.1) is 0 Å². The molecule has 0 aliphatic carbocycles. The molecule has 0 radical (unpaired) electrons. The maximum Gasteiger partial charge on any atom is 0.306 e. The Bertz CT molecular complexity index is 729. The Balaban J connectivity index is 2.38. The van der Waals surface area contributed by atoms with Crippen LogP contribution >= 0.6 is 0 Å². The van der Waals surface area contributed by atoms with Crippen LogP contribution in [0.3, 0.4) is 0 Å². The van der Waals surface area contributed by atoms with Crippen LogP contribution in [-0.2, 0) is 27.8 Å². The van der Waals surface area contributed by atoms with Crippen LogP contribution < -0.4 is 0 Å². The van der Waals surface area contributed by atoms with Gasteiger partial charge in [-0.3, -0.25) is 4.79 Å². The molecule has 2 rings (SSSR count). The number of carbonyl (C=O) groups excluding carboxylic acids is 1. The van der Waals surface area contributed by atoms with Crippen molar-refractivity contribution in [3.63, 3.8) is 0 Å². The number of rotatable bonds is 8. The van der Waals surface area contributed by atoms with E-state index in [-0.39, 0.29) is 12.4 Å². The van der Waals surface area contributed by atoms with Gasteiger partial charge in [0.2, 0.25) is 0 Å². The molecule has 0 heterocycles. The molecule has 2 aromatic carbocycles. The molecule has 2 aromatic rings. The Kier molecular flexibility index (Phi) is 7.24. The lowest BCUT2D eigenvalue weighted by Gasteiger charge is -2.30. The second kappa shape index (κ2) is 9.62. The molecule has 2 N–H and O–H groups in total. The van der Waals surface area contributed by atoms with Crippen LogP contribution in [-0.4, -0.2) is 23.3 Å². The minimum Gasteiger partial charge on any atom is -0.516 e. The molecule has 0 unspecified atom stereocenters. The Morgan fingerprint density at radius 2 is 1.30 bits per heavy atom. The van der Waals surface area contributed by atoms with Crippen molar-refractivity contribution in [3.05, 3.63) is 95.5 Å². The standard InChI is InChI=1S/C23H26O4/c1-23(17-22(26)27-2,20-11-7-18(8-12-20)5-3-15-24)21-13-9-19(10-14-21)6-4-16-25/h3-4,7-16,24-25H,5-6,17H2,1-2H3. The van der Waals surface area contributed by atoms with E-state index in [4.69, 9.17) is 14.9 Å². The van der Waals surface area contributed by atoms with Gasteiger partial charge in [0.25, 0.3) is 0 Å². The Hall–Kier alpha value is -3.01. The van der Waals surface area contributed by atoms with E-state index in [0.717, 1.165) is 34.8 Å². The van der Waals surface area contributed by atoms with E-state index in [1.165, 1.54) is 7.11 Å². The number of hydrogen-bond donors (Lipinski definition) is 2. The monoisotopic (exact) mass is 366 g/mol. The van der Waals surface area contributed by atoms with Gasteiger partial charge in [-0.15, -0.1) is 0 Å². The summed E-state index contributed by atoms with van der Waals surface area (Å²) in [5.41, 5.74) is 3.68. The minimum atomic E-state index is -0.524. The average molecular weight is 366 g/mol. The minimum absolute atomic E-state index is 0.231. The number of aliphatic hydroxyl groups excluding tert-OH is 2. The quantitative estimate of drug-likeness (QED) is 0.521. The van der Waals surface area contributed by atoms with Gasteiger partial charge in [-0.25, -0.2) is 0 Å². The molecular formula is C23H26O4. The van der Waals surface area contributed by atoms with Crippen molar-refractivity contribution in [1.82, 2.24) is 0 Å². The molecule has 0 spiro atoms. The first-order chi connectivity index (χ1) is 13.0. The second-order valence-electron chi connectivity index (χ2n) is 6.66. The summed E-state index contributed by atoms with van der Waals surface area (Å²) in [5.74, 6) is -0.267. The average Bonchev–Trinajstić information content (AvgIpc) is 2.71. The van der Waals surface area contributed by atoms with Crippen LogP contribution in [0.1, 0.15) is 35.6 Å². The number of benzene rings is 2. The first-order valence-corrected chi connectivity index (χ1v) is 8.87. The highest BCUT2D eigenvalue weighted by atomic mass is 16.5. The van der Waals surface area contributed by atoms with Gasteiger partial charge in [0.1, 0.15) is 0 Å². The Morgan fingerprint density at radius 1 is 0.889 bits per heavy atom. The lowest BCUT2D eigenvalue weighted by molar-refractivity contribution is -0.141. The van der Waals surface area contributed by atoms with Crippen LogP contribution in [0.25, 0.3) is 0 Å². The molecule has 0 amide bonds. The van der Waals surface area contributed by atoms with Gasteiger partial charge >= 0.3 is 5.97 Å². The largest absolute Gasteiger partial charge is 0.516 e. The molecule has 142 valence electrons. The van der Waals surface area contributed by atoms with E-state index in [9.17, 15) is 4.79 Å². The van der Waals surface area contributed by atoms with Crippen molar-refractivity contribution in [2.45, 2.75) is 31.6 Å². The first-order valence-electron chi connectivity index (χ1n) is 8.87. The third-order valence-corrected chi connectivity index (χ3v) is 4.83. The van der Waals surface area contributed by atoms with Gasteiger partial charge in [-0.1, -0.05) is 55.5 Å². The maximum atomic E-state index is 12.1. The molecule has 27 heavy (non-hydrogen) atoms. The summed E-state index contributed by atoms with van der Waals surface area (Å²) in [6.07, 6.45) is 6.99. The smallest absolute Gasteiger partial charge is 0.306 e. The highest BCUT2D eigenvalue weighted by Crippen LogP contribution is 2.36. The normalized spacial score (nSPS) is 13.7. The van der Waals surface area contributed by atoms with Gasteiger partial charge < -0.3 is 14.9 Å². The highest BCUT2D eigenvalue weighted by Gasteiger charge is 2.32. The third-order valence-electron chi connectivity index (χ3n) is 4.83. The number of carbonyl (C=O) groups is 1. The van der Waals surface area contributed by atoms with Crippen LogP contribution in [0.2, 0.25) is 0 Å². The molecule has 4 nitrogen and oxygen atoms in total. The molecule has 0 aliphatic heterocycles. The number of allylic oxidation sites excluding steroid dienone is 2. The van der Waals surface area contributed by atoms with E-state index in [1.807, 2.05) is 55.5 Å². The van der Waals surface area contributed by atoms with Gasteiger partial charge in [-0.2, -0.15) is 0 Å². The molecule has 4 heteroatoms. The van der Waals surface area contributed by atoms with Crippen LogP contribution in [0.5, 0.6) is 0 Å². The lowest BCUT2D eigenvalue weighted by atomic mass is 9.73. The van der Waals surface area contributed by atoms with E-state index < -0.39 is 5.41 Å². The Labute approximate surface area is 160 Å². The second-order valence-corrected chi connectivity index (χ2v) is 6.66. The SMILES string of the molecule is COC(=O)CC(C)(c1ccc(CC=CO)cc1)c1ccc(CC=CO)cc1. The summed E-state index contributed by atoms with van der Waals surface area (Å²) >= 11 is 0.